The van der Waals surface area contributed by atoms with Gasteiger partial charge in [0.15, 0.2) is 6.10 Å². The van der Waals surface area contributed by atoms with Crippen molar-refractivity contribution >= 4 is 17.5 Å². The molecule has 0 fully saturated rings. The average Bonchev–Trinajstić information content (AvgIpc) is 2.63. The van der Waals surface area contributed by atoms with E-state index in [4.69, 9.17) is 16.3 Å². The van der Waals surface area contributed by atoms with E-state index in [9.17, 15) is 4.79 Å². The standard InChI is InChI=1S/C21H24ClNO2/c1-14(17-8-7-16-5-3-4-6-18(16)13-17)23-21(24)15(2)25-20-11-9-19(22)10-12-20/h7-15H,3-6H2,1-2H3,(H,23,24). The molecule has 2 atom stereocenters. The van der Waals surface area contributed by atoms with E-state index in [0.29, 0.717) is 10.8 Å². The van der Waals surface area contributed by atoms with Crippen LogP contribution in [0.15, 0.2) is 42.5 Å². The summed E-state index contributed by atoms with van der Waals surface area (Å²) < 4.78 is 5.69. The summed E-state index contributed by atoms with van der Waals surface area (Å²) >= 11 is 5.86. The van der Waals surface area contributed by atoms with Gasteiger partial charge in [-0.2, -0.15) is 0 Å². The fourth-order valence-electron chi connectivity index (χ4n) is 3.21. The molecule has 0 heterocycles. The fourth-order valence-corrected chi connectivity index (χ4v) is 3.33. The minimum absolute atomic E-state index is 0.0454. The number of ether oxygens (including phenoxy) is 1. The van der Waals surface area contributed by atoms with Gasteiger partial charge in [0.2, 0.25) is 0 Å². The summed E-state index contributed by atoms with van der Waals surface area (Å²) in [7, 11) is 0. The number of nitrogens with one attached hydrogen (secondary N) is 1. The van der Waals surface area contributed by atoms with Gasteiger partial charge >= 0.3 is 0 Å². The largest absolute Gasteiger partial charge is 0.481 e. The second-order valence-corrected chi connectivity index (χ2v) is 7.12. The van der Waals surface area contributed by atoms with Gasteiger partial charge < -0.3 is 10.1 Å². The van der Waals surface area contributed by atoms with Crippen molar-refractivity contribution in [2.45, 2.75) is 51.7 Å². The molecule has 2 aromatic rings. The highest BCUT2D eigenvalue weighted by atomic mass is 35.5. The van der Waals surface area contributed by atoms with Gasteiger partial charge in [0.1, 0.15) is 5.75 Å². The predicted molar refractivity (Wildman–Crippen MR) is 101 cm³/mol. The Kier molecular flexibility index (Phi) is 5.64. The number of aryl methyl sites for hydroxylation is 2. The van der Waals surface area contributed by atoms with Gasteiger partial charge in [-0.1, -0.05) is 29.8 Å². The average molecular weight is 358 g/mol. The molecular weight excluding hydrogens is 334 g/mol. The van der Waals surface area contributed by atoms with Gasteiger partial charge in [-0.05, 0) is 80.5 Å². The van der Waals surface area contributed by atoms with Crippen molar-refractivity contribution in [3.05, 3.63) is 64.2 Å². The molecule has 3 rings (SSSR count). The zero-order valence-electron chi connectivity index (χ0n) is 14.7. The van der Waals surface area contributed by atoms with E-state index in [1.54, 1.807) is 31.2 Å². The van der Waals surface area contributed by atoms with E-state index in [2.05, 4.69) is 23.5 Å². The molecule has 1 N–H and O–H groups in total. The molecule has 0 spiro atoms. The molecule has 2 unspecified atom stereocenters. The van der Waals surface area contributed by atoms with Gasteiger partial charge in [0.05, 0.1) is 6.04 Å². The first-order valence-electron chi connectivity index (χ1n) is 8.87. The molecule has 1 aliphatic carbocycles. The molecule has 132 valence electrons. The summed E-state index contributed by atoms with van der Waals surface area (Å²) in [5, 5.41) is 3.69. The fraction of sp³-hybridized carbons (Fsp3) is 0.381. The maximum atomic E-state index is 12.4. The van der Waals surface area contributed by atoms with E-state index in [1.807, 2.05) is 6.92 Å². The first-order chi connectivity index (χ1) is 12.0. The molecule has 1 amide bonds. The SMILES string of the molecule is CC(Oc1ccc(Cl)cc1)C(=O)NC(C)c1ccc2c(c1)CCCC2. The Morgan fingerprint density at radius 1 is 1.04 bits per heavy atom. The Balaban J connectivity index is 1.60. The summed E-state index contributed by atoms with van der Waals surface area (Å²) in [6.45, 7) is 3.76. The maximum Gasteiger partial charge on any atom is 0.261 e. The number of fused-ring (bicyclic) bond motifs is 1. The van der Waals surface area contributed by atoms with Crippen LogP contribution in [0.3, 0.4) is 0 Å². The van der Waals surface area contributed by atoms with Gasteiger partial charge in [-0.25, -0.2) is 0 Å². The number of halogens is 1. The summed E-state index contributed by atoms with van der Waals surface area (Å²) in [5.41, 5.74) is 4.02. The smallest absolute Gasteiger partial charge is 0.261 e. The summed E-state index contributed by atoms with van der Waals surface area (Å²) in [6, 6.07) is 13.5. The number of hydrogen-bond donors (Lipinski definition) is 1. The molecule has 25 heavy (non-hydrogen) atoms. The topological polar surface area (TPSA) is 38.3 Å². The summed E-state index contributed by atoms with van der Waals surface area (Å²) in [5.74, 6) is 0.508. The highest BCUT2D eigenvalue weighted by molar-refractivity contribution is 6.30. The van der Waals surface area contributed by atoms with E-state index in [1.165, 1.54) is 30.4 Å². The minimum atomic E-state index is -0.568. The van der Waals surface area contributed by atoms with Crippen LogP contribution >= 0.6 is 11.6 Å². The molecule has 0 saturated heterocycles. The lowest BCUT2D eigenvalue weighted by molar-refractivity contribution is -0.127. The monoisotopic (exact) mass is 357 g/mol. The molecule has 0 saturated carbocycles. The highest BCUT2D eigenvalue weighted by Crippen LogP contribution is 2.25. The summed E-state index contributed by atoms with van der Waals surface area (Å²) in [6.07, 6.45) is 4.27. The lowest BCUT2D eigenvalue weighted by atomic mass is 9.89. The van der Waals surface area contributed by atoms with Crippen molar-refractivity contribution in [2.24, 2.45) is 0 Å². The van der Waals surface area contributed by atoms with Crippen molar-refractivity contribution in [2.75, 3.05) is 0 Å². The van der Waals surface area contributed by atoms with Crippen LogP contribution in [0, 0.1) is 0 Å². The second-order valence-electron chi connectivity index (χ2n) is 6.68. The van der Waals surface area contributed by atoms with Gasteiger partial charge in [-0.15, -0.1) is 0 Å². The van der Waals surface area contributed by atoms with Crippen molar-refractivity contribution in [1.29, 1.82) is 0 Å². The minimum Gasteiger partial charge on any atom is -0.481 e. The highest BCUT2D eigenvalue weighted by Gasteiger charge is 2.19. The molecule has 0 bridgehead atoms. The first-order valence-corrected chi connectivity index (χ1v) is 9.25. The van der Waals surface area contributed by atoms with E-state index >= 15 is 0 Å². The van der Waals surface area contributed by atoms with Crippen LogP contribution in [0.1, 0.15) is 49.4 Å². The molecule has 3 nitrogen and oxygen atoms in total. The van der Waals surface area contributed by atoms with Crippen LogP contribution in [0.2, 0.25) is 5.02 Å². The number of amides is 1. The maximum absolute atomic E-state index is 12.4. The number of hydrogen-bond acceptors (Lipinski definition) is 2. The lowest BCUT2D eigenvalue weighted by Crippen LogP contribution is -2.37. The Morgan fingerprint density at radius 3 is 2.44 bits per heavy atom. The summed E-state index contributed by atoms with van der Waals surface area (Å²) in [4.78, 5) is 12.4. The predicted octanol–water partition coefficient (Wildman–Crippen LogP) is 4.86. The first kappa shape index (κ1) is 17.8. The lowest BCUT2D eigenvalue weighted by Gasteiger charge is -2.21. The van der Waals surface area contributed by atoms with Gasteiger partial charge in [0, 0.05) is 5.02 Å². The second kappa shape index (κ2) is 7.92. The van der Waals surface area contributed by atoms with E-state index in [0.717, 1.165) is 12.0 Å². The van der Waals surface area contributed by atoms with E-state index in [-0.39, 0.29) is 11.9 Å². The third-order valence-corrected chi connectivity index (χ3v) is 4.98. The Labute approximate surface area is 154 Å². The Morgan fingerprint density at radius 2 is 1.72 bits per heavy atom. The molecule has 1 aliphatic rings. The number of carbonyl (C=O) groups excluding carboxylic acids is 1. The van der Waals surface area contributed by atoms with E-state index < -0.39 is 6.10 Å². The normalized spacial score (nSPS) is 15.8. The van der Waals surface area contributed by atoms with Crippen LogP contribution in [-0.4, -0.2) is 12.0 Å². The van der Waals surface area contributed by atoms with Crippen LogP contribution in [0.25, 0.3) is 0 Å². The van der Waals surface area contributed by atoms with Crippen molar-refractivity contribution < 1.29 is 9.53 Å². The molecular formula is C21H24ClNO2. The zero-order valence-corrected chi connectivity index (χ0v) is 15.5. The number of benzene rings is 2. The van der Waals surface area contributed by atoms with Crippen LogP contribution in [-0.2, 0) is 17.6 Å². The zero-order chi connectivity index (χ0) is 17.8. The van der Waals surface area contributed by atoms with Crippen LogP contribution in [0.5, 0.6) is 5.75 Å². The van der Waals surface area contributed by atoms with Crippen molar-refractivity contribution in [3.63, 3.8) is 0 Å². The third kappa shape index (κ3) is 4.55. The quantitative estimate of drug-likeness (QED) is 0.829. The molecule has 0 radical (unpaired) electrons. The molecule has 0 aromatic heterocycles. The molecule has 2 aromatic carbocycles. The van der Waals surface area contributed by atoms with Crippen molar-refractivity contribution in [3.8, 4) is 5.75 Å². The Hall–Kier alpha value is -2.00. The van der Waals surface area contributed by atoms with Gasteiger partial charge in [-0.3, -0.25) is 4.79 Å². The van der Waals surface area contributed by atoms with Crippen LogP contribution < -0.4 is 10.1 Å². The van der Waals surface area contributed by atoms with Gasteiger partial charge in [0.25, 0.3) is 5.91 Å². The molecule has 0 aliphatic heterocycles. The van der Waals surface area contributed by atoms with Crippen molar-refractivity contribution in [1.82, 2.24) is 5.32 Å². The van der Waals surface area contributed by atoms with Crippen LogP contribution in [0.4, 0.5) is 0 Å². The Bertz CT molecular complexity index is 742. The third-order valence-electron chi connectivity index (χ3n) is 4.73. The molecule has 4 heteroatoms. The number of rotatable bonds is 5. The number of carbonyl (C=O) groups is 1.